The van der Waals surface area contributed by atoms with Gasteiger partial charge in [-0.1, -0.05) is 11.6 Å². The van der Waals surface area contributed by atoms with Crippen molar-refractivity contribution in [3.8, 4) is 0 Å². The Labute approximate surface area is 142 Å². The van der Waals surface area contributed by atoms with Gasteiger partial charge in [-0.15, -0.1) is 0 Å². The van der Waals surface area contributed by atoms with Gasteiger partial charge in [0.2, 0.25) is 5.91 Å². The van der Waals surface area contributed by atoms with Crippen LogP contribution < -0.4 is 4.90 Å². The van der Waals surface area contributed by atoms with Crippen LogP contribution in [0.4, 0.5) is 5.82 Å². The predicted molar refractivity (Wildman–Crippen MR) is 90.8 cm³/mol. The van der Waals surface area contributed by atoms with E-state index in [1.165, 1.54) is 0 Å². The van der Waals surface area contributed by atoms with E-state index in [2.05, 4.69) is 16.8 Å². The minimum absolute atomic E-state index is 0.117. The maximum atomic E-state index is 12.8. The number of ether oxygens (including phenoxy) is 1. The molecule has 1 aromatic heterocycles. The van der Waals surface area contributed by atoms with Gasteiger partial charge in [0, 0.05) is 31.7 Å². The topological polar surface area (TPSA) is 45.7 Å². The summed E-state index contributed by atoms with van der Waals surface area (Å²) in [5, 5.41) is 0.647. The number of nitrogens with zero attached hydrogens (tertiary/aromatic N) is 3. The summed E-state index contributed by atoms with van der Waals surface area (Å²) in [5.74, 6) is 1.34. The Hall–Kier alpha value is -1.33. The molecule has 1 aromatic rings. The highest BCUT2D eigenvalue weighted by Gasteiger charge is 2.34. The number of carbonyl (C=O) groups excluding carboxylic acids is 1. The van der Waals surface area contributed by atoms with Crippen LogP contribution in [0.25, 0.3) is 0 Å². The Balaban J connectivity index is 1.57. The molecule has 0 bridgehead atoms. The van der Waals surface area contributed by atoms with E-state index in [0.29, 0.717) is 18.2 Å². The molecular weight excluding hydrogens is 314 g/mol. The van der Waals surface area contributed by atoms with E-state index in [1.807, 2.05) is 24.0 Å². The van der Waals surface area contributed by atoms with E-state index in [4.69, 9.17) is 16.3 Å². The Morgan fingerprint density at radius 3 is 2.70 bits per heavy atom. The Kier molecular flexibility index (Phi) is 5.07. The number of hydrogen-bond donors (Lipinski definition) is 0. The van der Waals surface area contributed by atoms with Gasteiger partial charge in [-0.2, -0.15) is 0 Å². The molecule has 126 valence electrons. The minimum atomic E-state index is 0.117. The molecule has 2 saturated heterocycles. The lowest BCUT2D eigenvalue weighted by molar-refractivity contribution is -0.148. The number of pyridine rings is 1. The summed E-state index contributed by atoms with van der Waals surface area (Å²) in [4.78, 5) is 21.4. The number of halogens is 1. The minimum Gasteiger partial charge on any atom is -0.375 e. The van der Waals surface area contributed by atoms with E-state index < -0.39 is 0 Å². The van der Waals surface area contributed by atoms with Crippen molar-refractivity contribution < 1.29 is 9.53 Å². The normalized spacial score (nSPS) is 26.4. The van der Waals surface area contributed by atoms with Gasteiger partial charge in [0.05, 0.1) is 23.8 Å². The van der Waals surface area contributed by atoms with E-state index in [-0.39, 0.29) is 24.0 Å². The first-order valence-corrected chi connectivity index (χ1v) is 8.71. The van der Waals surface area contributed by atoms with Crippen LogP contribution in [0, 0.1) is 5.92 Å². The summed E-state index contributed by atoms with van der Waals surface area (Å²) < 4.78 is 5.62. The smallest absolute Gasteiger partial charge is 0.226 e. The Morgan fingerprint density at radius 1 is 1.30 bits per heavy atom. The van der Waals surface area contributed by atoms with Crippen molar-refractivity contribution in [3.05, 3.63) is 23.4 Å². The van der Waals surface area contributed by atoms with Crippen molar-refractivity contribution in [2.45, 2.75) is 38.8 Å². The number of morpholine rings is 1. The van der Waals surface area contributed by atoms with Crippen LogP contribution in [0.2, 0.25) is 5.02 Å². The highest BCUT2D eigenvalue weighted by atomic mass is 35.5. The monoisotopic (exact) mass is 337 g/mol. The van der Waals surface area contributed by atoms with Crippen LogP contribution in [-0.2, 0) is 9.53 Å². The van der Waals surface area contributed by atoms with Crippen molar-refractivity contribution in [2.75, 3.05) is 31.1 Å². The van der Waals surface area contributed by atoms with Crippen molar-refractivity contribution in [3.63, 3.8) is 0 Å². The molecule has 0 radical (unpaired) electrons. The number of rotatable bonds is 2. The van der Waals surface area contributed by atoms with Crippen LogP contribution in [0.15, 0.2) is 18.3 Å². The molecule has 23 heavy (non-hydrogen) atoms. The molecule has 0 spiro atoms. The SMILES string of the molecule is C[C@@H]1CN(C(=O)C2CCN(c3ccc(Cl)cn3)CC2)[C@H](C)CO1. The highest BCUT2D eigenvalue weighted by molar-refractivity contribution is 6.30. The van der Waals surface area contributed by atoms with Gasteiger partial charge >= 0.3 is 0 Å². The van der Waals surface area contributed by atoms with Crippen LogP contribution in [0.5, 0.6) is 0 Å². The fourth-order valence-corrected chi connectivity index (χ4v) is 3.47. The van der Waals surface area contributed by atoms with Gasteiger partial charge < -0.3 is 14.5 Å². The zero-order valence-corrected chi connectivity index (χ0v) is 14.5. The van der Waals surface area contributed by atoms with Gasteiger partial charge in [-0.25, -0.2) is 4.98 Å². The van der Waals surface area contributed by atoms with Crippen molar-refractivity contribution in [1.82, 2.24) is 9.88 Å². The summed E-state index contributed by atoms with van der Waals surface area (Å²) in [6.07, 6.45) is 3.56. The maximum Gasteiger partial charge on any atom is 0.226 e. The molecule has 5 nitrogen and oxygen atoms in total. The van der Waals surface area contributed by atoms with Crippen LogP contribution in [-0.4, -0.2) is 54.2 Å². The van der Waals surface area contributed by atoms with E-state index in [9.17, 15) is 4.79 Å². The van der Waals surface area contributed by atoms with Gasteiger partial charge in [0.1, 0.15) is 5.82 Å². The second-order valence-electron chi connectivity index (χ2n) is 6.58. The van der Waals surface area contributed by atoms with E-state index >= 15 is 0 Å². The van der Waals surface area contributed by atoms with E-state index in [1.54, 1.807) is 6.20 Å². The third-order valence-electron chi connectivity index (χ3n) is 4.77. The molecule has 3 heterocycles. The number of anilines is 1. The molecular formula is C17H24ClN3O2. The molecule has 0 aliphatic carbocycles. The number of aromatic nitrogens is 1. The molecule has 3 rings (SSSR count). The fourth-order valence-electron chi connectivity index (χ4n) is 3.36. The van der Waals surface area contributed by atoms with Crippen LogP contribution in [0.3, 0.4) is 0 Å². The van der Waals surface area contributed by atoms with E-state index in [0.717, 1.165) is 31.7 Å². The number of carbonyl (C=O) groups is 1. The molecule has 2 fully saturated rings. The first kappa shape index (κ1) is 16.5. The summed E-state index contributed by atoms with van der Waals surface area (Å²) in [6, 6.07) is 3.98. The number of amides is 1. The third kappa shape index (κ3) is 3.78. The lowest BCUT2D eigenvalue weighted by Crippen LogP contribution is -2.53. The van der Waals surface area contributed by atoms with Crippen molar-refractivity contribution in [2.24, 2.45) is 5.92 Å². The Bertz CT molecular complexity index is 543. The number of hydrogen-bond acceptors (Lipinski definition) is 4. The lowest BCUT2D eigenvalue weighted by Gasteiger charge is -2.40. The lowest BCUT2D eigenvalue weighted by atomic mass is 9.94. The summed E-state index contributed by atoms with van der Waals surface area (Å²) in [5.41, 5.74) is 0. The zero-order valence-electron chi connectivity index (χ0n) is 13.7. The second kappa shape index (κ2) is 7.05. The molecule has 0 unspecified atom stereocenters. The highest BCUT2D eigenvalue weighted by Crippen LogP contribution is 2.25. The predicted octanol–water partition coefficient (Wildman–Crippen LogP) is 2.59. The quantitative estimate of drug-likeness (QED) is 0.832. The van der Waals surface area contributed by atoms with Crippen LogP contribution in [0.1, 0.15) is 26.7 Å². The third-order valence-corrected chi connectivity index (χ3v) is 4.99. The maximum absolute atomic E-state index is 12.8. The fraction of sp³-hybridized carbons (Fsp3) is 0.647. The summed E-state index contributed by atoms with van der Waals surface area (Å²) in [6.45, 7) is 7.16. The van der Waals surface area contributed by atoms with Crippen LogP contribution >= 0.6 is 11.6 Å². The average Bonchev–Trinajstić information content (AvgIpc) is 2.57. The van der Waals surface area contributed by atoms with Gasteiger partial charge in [0.25, 0.3) is 0 Å². The van der Waals surface area contributed by atoms with Crippen molar-refractivity contribution in [1.29, 1.82) is 0 Å². The zero-order chi connectivity index (χ0) is 16.4. The molecule has 2 atom stereocenters. The number of piperidine rings is 1. The van der Waals surface area contributed by atoms with Gasteiger partial charge in [0.15, 0.2) is 0 Å². The average molecular weight is 338 g/mol. The molecule has 0 N–H and O–H groups in total. The standard InChI is InChI=1S/C17H24ClN3O2/c1-12-11-23-13(2)10-21(12)17(22)14-5-7-20(8-6-14)16-4-3-15(18)9-19-16/h3-4,9,12-14H,5-8,10-11H2,1-2H3/t12-,13-/m1/s1. The molecule has 0 aromatic carbocycles. The van der Waals surface area contributed by atoms with Gasteiger partial charge in [-0.3, -0.25) is 4.79 Å². The van der Waals surface area contributed by atoms with Crippen molar-refractivity contribution >= 4 is 23.3 Å². The second-order valence-corrected chi connectivity index (χ2v) is 7.02. The molecule has 0 saturated carbocycles. The largest absolute Gasteiger partial charge is 0.375 e. The van der Waals surface area contributed by atoms with Gasteiger partial charge in [-0.05, 0) is 38.8 Å². The molecule has 6 heteroatoms. The first-order valence-electron chi connectivity index (χ1n) is 8.33. The summed E-state index contributed by atoms with van der Waals surface area (Å²) in [7, 11) is 0. The summed E-state index contributed by atoms with van der Waals surface area (Å²) >= 11 is 5.89. The Morgan fingerprint density at radius 2 is 2.04 bits per heavy atom. The molecule has 2 aliphatic heterocycles. The molecule has 2 aliphatic rings. The first-order chi connectivity index (χ1) is 11.0. The molecule has 1 amide bonds.